The number of pyridine rings is 1. The largest absolute Gasteiger partial charge is 0.356 e. The van der Waals surface area contributed by atoms with Crippen LogP contribution in [0.3, 0.4) is 0 Å². The lowest BCUT2D eigenvalue weighted by molar-refractivity contribution is 0.271. The van der Waals surface area contributed by atoms with Gasteiger partial charge < -0.3 is 16.0 Å². The summed E-state index contributed by atoms with van der Waals surface area (Å²) in [5.41, 5.74) is 2.40. The number of hydrogen-bond donors (Lipinski definition) is 3. The van der Waals surface area contributed by atoms with Crippen LogP contribution in [0.4, 0.5) is 0 Å². The van der Waals surface area contributed by atoms with Gasteiger partial charge in [0.25, 0.3) is 0 Å². The second-order valence-corrected chi connectivity index (χ2v) is 7.19. The number of nitrogens with zero attached hydrogens (tertiary/aromatic N) is 2. The molecule has 0 bridgehead atoms. The zero-order chi connectivity index (χ0) is 20.2. The molecular formula is C23H35N5. The van der Waals surface area contributed by atoms with E-state index in [2.05, 4.69) is 77.0 Å². The Labute approximate surface area is 170 Å². The summed E-state index contributed by atoms with van der Waals surface area (Å²) in [5.74, 6) is 0.830. The minimum Gasteiger partial charge on any atom is -0.356 e. The molecule has 1 heterocycles. The topological polar surface area (TPSA) is 61.3 Å². The number of guanidine groups is 1. The van der Waals surface area contributed by atoms with Crippen molar-refractivity contribution in [2.75, 3.05) is 20.1 Å². The highest BCUT2D eigenvalue weighted by Gasteiger charge is 2.28. The Morgan fingerprint density at radius 1 is 1.04 bits per heavy atom. The Balaban J connectivity index is 1.89. The molecule has 0 aliphatic carbocycles. The molecule has 5 nitrogen and oxygen atoms in total. The van der Waals surface area contributed by atoms with Crippen molar-refractivity contribution in [1.29, 1.82) is 0 Å². The van der Waals surface area contributed by atoms with Gasteiger partial charge in [-0.15, -0.1) is 0 Å². The molecule has 0 saturated carbocycles. The molecule has 5 heteroatoms. The van der Waals surface area contributed by atoms with Gasteiger partial charge >= 0.3 is 0 Å². The molecule has 1 aromatic carbocycles. The number of nitrogens with one attached hydrogen (secondary N) is 3. The van der Waals surface area contributed by atoms with E-state index in [1.54, 1.807) is 0 Å². The first-order chi connectivity index (χ1) is 13.6. The third kappa shape index (κ3) is 6.64. The van der Waals surface area contributed by atoms with E-state index in [1.165, 1.54) is 5.56 Å². The molecule has 0 spiro atoms. The van der Waals surface area contributed by atoms with Crippen molar-refractivity contribution in [3.05, 3.63) is 66.0 Å². The predicted octanol–water partition coefficient (Wildman–Crippen LogP) is 3.70. The zero-order valence-electron chi connectivity index (χ0n) is 17.7. The number of aromatic nitrogens is 1. The van der Waals surface area contributed by atoms with Crippen LogP contribution in [-0.2, 0) is 6.42 Å². The molecule has 0 fully saturated rings. The number of benzene rings is 1. The Kier molecular flexibility index (Phi) is 8.95. The lowest BCUT2D eigenvalue weighted by atomic mass is 9.90. The van der Waals surface area contributed by atoms with Crippen LogP contribution in [0.2, 0.25) is 0 Å². The van der Waals surface area contributed by atoms with Gasteiger partial charge in [0.05, 0.1) is 0 Å². The summed E-state index contributed by atoms with van der Waals surface area (Å²) in [4.78, 5) is 8.74. The fourth-order valence-electron chi connectivity index (χ4n) is 3.37. The molecule has 0 aliphatic heterocycles. The summed E-state index contributed by atoms with van der Waals surface area (Å²) in [6.07, 6.45) is 4.79. The maximum Gasteiger partial charge on any atom is 0.191 e. The fourth-order valence-corrected chi connectivity index (χ4v) is 3.37. The molecule has 0 amide bonds. The van der Waals surface area contributed by atoms with E-state index < -0.39 is 0 Å². The van der Waals surface area contributed by atoms with Crippen molar-refractivity contribution in [3.8, 4) is 0 Å². The summed E-state index contributed by atoms with van der Waals surface area (Å²) in [6.45, 7) is 8.34. The van der Waals surface area contributed by atoms with Crippen LogP contribution < -0.4 is 16.0 Å². The lowest BCUT2D eigenvalue weighted by Gasteiger charge is -2.37. The highest BCUT2D eigenvalue weighted by Crippen LogP contribution is 2.21. The van der Waals surface area contributed by atoms with Crippen LogP contribution in [-0.4, -0.2) is 36.6 Å². The summed E-state index contributed by atoms with van der Waals surface area (Å²) < 4.78 is 0. The van der Waals surface area contributed by atoms with Crippen molar-refractivity contribution in [2.24, 2.45) is 4.99 Å². The Morgan fingerprint density at radius 3 is 2.36 bits per heavy atom. The first-order valence-electron chi connectivity index (χ1n) is 10.3. The first-order valence-corrected chi connectivity index (χ1v) is 10.3. The van der Waals surface area contributed by atoms with Gasteiger partial charge in [-0.1, -0.05) is 50.2 Å². The normalized spacial score (nSPS) is 13.2. The van der Waals surface area contributed by atoms with E-state index in [1.807, 2.05) is 31.4 Å². The minimum atomic E-state index is 0.00780. The monoisotopic (exact) mass is 381 g/mol. The molecule has 1 aromatic heterocycles. The van der Waals surface area contributed by atoms with Crippen molar-refractivity contribution in [2.45, 2.75) is 51.6 Å². The molecule has 0 saturated heterocycles. The third-order valence-corrected chi connectivity index (χ3v) is 5.39. The minimum absolute atomic E-state index is 0.00780. The number of hydrogen-bond acceptors (Lipinski definition) is 3. The molecule has 2 rings (SSSR count). The number of rotatable bonds is 10. The van der Waals surface area contributed by atoms with Crippen LogP contribution in [0.1, 0.15) is 50.9 Å². The quantitative estimate of drug-likeness (QED) is 0.434. The van der Waals surface area contributed by atoms with Gasteiger partial charge in [-0.25, -0.2) is 0 Å². The Morgan fingerprint density at radius 2 is 1.75 bits per heavy atom. The third-order valence-electron chi connectivity index (χ3n) is 5.39. The van der Waals surface area contributed by atoms with E-state index >= 15 is 0 Å². The number of aliphatic imine (C=N–C) groups is 1. The van der Waals surface area contributed by atoms with Crippen LogP contribution in [0.5, 0.6) is 0 Å². The van der Waals surface area contributed by atoms with Crippen LogP contribution in [0.15, 0.2) is 59.7 Å². The van der Waals surface area contributed by atoms with Gasteiger partial charge in [0.1, 0.15) is 0 Å². The molecule has 2 aromatic rings. The highest BCUT2D eigenvalue weighted by atomic mass is 15.2. The summed E-state index contributed by atoms with van der Waals surface area (Å²) in [5, 5.41) is 10.8. The predicted molar refractivity (Wildman–Crippen MR) is 119 cm³/mol. The van der Waals surface area contributed by atoms with E-state index in [0.717, 1.165) is 44.0 Å². The van der Waals surface area contributed by atoms with E-state index in [0.29, 0.717) is 6.04 Å². The van der Waals surface area contributed by atoms with Gasteiger partial charge in [0.15, 0.2) is 5.96 Å². The summed E-state index contributed by atoms with van der Waals surface area (Å²) >= 11 is 0. The van der Waals surface area contributed by atoms with Crippen molar-refractivity contribution in [3.63, 3.8) is 0 Å². The SMILES string of the molecule is CCC(CC)(CNC(=NC)NCCc1ccccn1)NC(C)c1ccccc1. The van der Waals surface area contributed by atoms with Crippen molar-refractivity contribution in [1.82, 2.24) is 20.9 Å². The average Bonchev–Trinajstić information content (AvgIpc) is 2.76. The Bertz CT molecular complexity index is 695. The van der Waals surface area contributed by atoms with Crippen LogP contribution >= 0.6 is 0 Å². The van der Waals surface area contributed by atoms with E-state index in [9.17, 15) is 0 Å². The first kappa shape index (κ1) is 21.9. The van der Waals surface area contributed by atoms with E-state index in [-0.39, 0.29) is 5.54 Å². The molecule has 0 aliphatic rings. The molecule has 1 atom stereocenters. The highest BCUT2D eigenvalue weighted by molar-refractivity contribution is 5.79. The lowest BCUT2D eigenvalue weighted by Crippen LogP contribution is -2.55. The van der Waals surface area contributed by atoms with Crippen molar-refractivity contribution < 1.29 is 0 Å². The maximum absolute atomic E-state index is 4.37. The molecular weight excluding hydrogens is 346 g/mol. The second kappa shape index (κ2) is 11.4. The maximum atomic E-state index is 4.37. The average molecular weight is 382 g/mol. The van der Waals surface area contributed by atoms with Crippen LogP contribution in [0, 0.1) is 0 Å². The van der Waals surface area contributed by atoms with Gasteiger partial charge in [0, 0.05) is 50.0 Å². The molecule has 1 unspecified atom stereocenters. The van der Waals surface area contributed by atoms with E-state index in [4.69, 9.17) is 0 Å². The smallest absolute Gasteiger partial charge is 0.191 e. The van der Waals surface area contributed by atoms with Gasteiger partial charge in [-0.05, 0) is 37.5 Å². The molecule has 152 valence electrons. The van der Waals surface area contributed by atoms with Crippen molar-refractivity contribution >= 4 is 5.96 Å². The standard InChI is InChI=1S/C23H35N5/c1-5-23(6-2,28-19(3)20-12-8-7-9-13-20)18-27-22(24-4)26-17-15-21-14-10-11-16-25-21/h7-14,16,19,28H,5-6,15,17-18H2,1-4H3,(H2,24,26,27). The molecule has 28 heavy (non-hydrogen) atoms. The zero-order valence-corrected chi connectivity index (χ0v) is 17.7. The Hall–Kier alpha value is -2.40. The van der Waals surface area contributed by atoms with Gasteiger partial charge in [0.2, 0.25) is 0 Å². The molecule has 0 radical (unpaired) electrons. The summed E-state index contributed by atoms with van der Waals surface area (Å²) in [7, 11) is 1.82. The van der Waals surface area contributed by atoms with Crippen LogP contribution in [0.25, 0.3) is 0 Å². The van der Waals surface area contributed by atoms with Gasteiger partial charge in [-0.2, -0.15) is 0 Å². The second-order valence-electron chi connectivity index (χ2n) is 7.19. The summed E-state index contributed by atoms with van der Waals surface area (Å²) in [6, 6.07) is 16.9. The fraction of sp³-hybridized carbons (Fsp3) is 0.478. The molecule has 3 N–H and O–H groups in total. The van der Waals surface area contributed by atoms with Gasteiger partial charge in [-0.3, -0.25) is 9.98 Å².